The van der Waals surface area contributed by atoms with Crippen LogP contribution < -0.4 is 0 Å². The second kappa shape index (κ2) is 3.37. The lowest BCUT2D eigenvalue weighted by Crippen LogP contribution is -2.24. The van der Waals surface area contributed by atoms with Gasteiger partial charge in [0.25, 0.3) is 0 Å². The van der Waals surface area contributed by atoms with Crippen LogP contribution in [0.25, 0.3) is 0 Å². The summed E-state index contributed by atoms with van der Waals surface area (Å²) in [7, 11) is -2.63. The average molecular weight is 167 g/mol. The Morgan fingerprint density at radius 3 is 2.70 bits per heavy atom. The summed E-state index contributed by atoms with van der Waals surface area (Å²) in [4.78, 5) is 8.25. The van der Waals surface area contributed by atoms with Gasteiger partial charge in [0.15, 0.2) is 6.10 Å². The lowest BCUT2D eigenvalue weighted by Gasteiger charge is -2.01. The minimum absolute atomic E-state index is 0.174. The summed E-state index contributed by atoms with van der Waals surface area (Å²) in [6.07, 6.45) is -1.42. The molecule has 0 aliphatic carbocycles. The van der Waals surface area contributed by atoms with Gasteiger partial charge < -0.3 is 9.84 Å². The lowest BCUT2D eigenvalue weighted by atomic mass is 10.3. The first-order valence-electron chi connectivity index (χ1n) is 2.79. The van der Waals surface area contributed by atoms with Crippen LogP contribution >= 0.6 is 8.25 Å². The van der Waals surface area contributed by atoms with Crippen molar-refractivity contribution in [3.63, 3.8) is 0 Å². The van der Waals surface area contributed by atoms with Gasteiger partial charge in [-0.25, -0.2) is 0 Å². The van der Waals surface area contributed by atoms with E-state index in [0.717, 1.165) is 0 Å². The van der Waals surface area contributed by atoms with Crippen LogP contribution in [0.2, 0.25) is 0 Å². The second-order valence-electron chi connectivity index (χ2n) is 1.99. The maximum Gasteiger partial charge on any atom is 0.695 e. The van der Waals surface area contributed by atoms with E-state index in [0.29, 0.717) is 0 Å². The summed E-state index contributed by atoms with van der Waals surface area (Å²) >= 11 is 0. The van der Waals surface area contributed by atoms with E-state index in [2.05, 4.69) is 4.52 Å². The van der Waals surface area contributed by atoms with Crippen molar-refractivity contribution < 1.29 is 23.8 Å². The number of aliphatic hydroxyl groups is 1. The topological polar surface area (TPSA) is 76.0 Å². The molecule has 0 aromatic rings. The van der Waals surface area contributed by atoms with Crippen LogP contribution in [-0.2, 0) is 13.8 Å². The molecule has 1 aliphatic heterocycles. The van der Waals surface area contributed by atoms with E-state index in [1.165, 1.54) is 0 Å². The molecule has 1 fully saturated rings. The van der Waals surface area contributed by atoms with E-state index in [-0.39, 0.29) is 13.2 Å². The quantitative estimate of drug-likeness (QED) is 0.537. The third-order valence-electron chi connectivity index (χ3n) is 1.23. The smallest absolute Gasteiger partial charge is 0.388 e. The molecule has 3 atom stereocenters. The van der Waals surface area contributed by atoms with Gasteiger partial charge in [-0.3, -0.25) is 0 Å². The van der Waals surface area contributed by atoms with Crippen molar-refractivity contribution in [2.45, 2.75) is 12.2 Å². The summed E-state index contributed by atoms with van der Waals surface area (Å²) in [6, 6.07) is 0. The highest BCUT2D eigenvalue weighted by Gasteiger charge is 2.34. The molecule has 1 heterocycles. The number of hydrogen-bond acceptors (Lipinski definition) is 4. The summed E-state index contributed by atoms with van der Waals surface area (Å²) in [5.41, 5.74) is 0. The van der Waals surface area contributed by atoms with E-state index < -0.39 is 20.5 Å². The maximum absolute atomic E-state index is 10.1. The van der Waals surface area contributed by atoms with Gasteiger partial charge in [0.1, 0.15) is 6.10 Å². The molecule has 1 saturated heterocycles. The lowest BCUT2D eigenvalue weighted by molar-refractivity contribution is 0.0708. The molecule has 1 rings (SSSR count). The van der Waals surface area contributed by atoms with Gasteiger partial charge in [0, 0.05) is 4.57 Å². The summed E-state index contributed by atoms with van der Waals surface area (Å²) < 4.78 is 19.2. The van der Waals surface area contributed by atoms with Gasteiger partial charge in [-0.05, 0) is 0 Å². The Bertz CT molecular complexity index is 138. The predicted octanol–water partition coefficient (Wildman–Crippen LogP) is -0.588. The Morgan fingerprint density at radius 2 is 2.30 bits per heavy atom. The average Bonchev–Trinajstić information content (AvgIpc) is 2.15. The molecule has 0 spiro atoms. The third kappa shape index (κ3) is 1.97. The van der Waals surface area contributed by atoms with Gasteiger partial charge in [0.05, 0.1) is 13.2 Å². The minimum atomic E-state index is -2.63. The molecular weight excluding hydrogens is 159 g/mol. The van der Waals surface area contributed by atoms with Crippen molar-refractivity contribution in [1.29, 1.82) is 0 Å². The van der Waals surface area contributed by atoms with Crippen molar-refractivity contribution >= 4 is 8.25 Å². The van der Waals surface area contributed by atoms with Gasteiger partial charge in [-0.1, -0.05) is 0 Å². The van der Waals surface area contributed by atoms with Crippen molar-refractivity contribution in [3.8, 4) is 0 Å². The summed E-state index contributed by atoms with van der Waals surface area (Å²) in [6.45, 7) is 0.358. The van der Waals surface area contributed by atoms with E-state index in [4.69, 9.17) is 14.7 Å². The molecular formula is C4H8O5P+. The van der Waals surface area contributed by atoms with Crippen LogP contribution in [0, 0.1) is 0 Å². The van der Waals surface area contributed by atoms with Gasteiger partial charge >= 0.3 is 8.25 Å². The molecule has 5 nitrogen and oxygen atoms in total. The molecule has 0 aromatic heterocycles. The van der Waals surface area contributed by atoms with Crippen molar-refractivity contribution in [1.82, 2.24) is 0 Å². The first-order valence-corrected chi connectivity index (χ1v) is 3.92. The fraction of sp³-hybridized carbons (Fsp3) is 1.00. The Kier molecular flexibility index (Phi) is 2.71. The number of hydrogen-bond donors (Lipinski definition) is 2. The van der Waals surface area contributed by atoms with Crippen LogP contribution in [0.5, 0.6) is 0 Å². The Balaban J connectivity index is 2.33. The molecule has 3 unspecified atom stereocenters. The minimum Gasteiger partial charge on any atom is -0.388 e. The number of rotatable bonds is 2. The zero-order valence-corrected chi connectivity index (χ0v) is 6.03. The first kappa shape index (κ1) is 8.04. The standard InChI is InChI=1S/C4H7O5P/c5-3-1-8-2-4(3)9-10(6)7/h3-5H,1-2H2/p+1. The molecule has 0 aromatic carbocycles. The molecule has 2 N–H and O–H groups in total. The molecule has 0 amide bonds. The predicted molar refractivity (Wildman–Crippen MR) is 31.5 cm³/mol. The highest BCUT2D eigenvalue weighted by atomic mass is 31.1. The van der Waals surface area contributed by atoms with E-state index in [9.17, 15) is 4.57 Å². The Hall–Kier alpha value is -0.0600. The fourth-order valence-corrected chi connectivity index (χ4v) is 1.17. The van der Waals surface area contributed by atoms with Gasteiger partial charge in [-0.15, -0.1) is 9.42 Å². The molecule has 58 valence electrons. The van der Waals surface area contributed by atoms with Gasteiger partial charge in [-0.2, -0.15) is 0 Å². The highest BCUT2D eigenvalue weighted by Crippen LogP contribution is 2.22. The zero-order valence-electron chi connectivity index (χ0n) is 5.14. The highest BCUT2D eigenvalue weighted by molar-refractivity contribution is 7.32. The molecule has 6 heteroatoms. The van der Waals surface area contributed by atoms with Crippen molar-refractivity contribution in [2.75, 3.05) is 13.2 Å². The molecule has 0 bridgehead atoms. The van der Waals surface area contributed by atoms with Crippen LogP contribution in [0.1, 0.15) is 0 Å². The molecule has 0 radical (unpaired) electrons. The monoisotopic (exact) mass is 167 g/mol. The van der Waals surface area contributed by atoms with Gasteiger partial charge in [0.2, 0.25) is 0 Å². The maximum atomic E-state index is 10.1. The largest absolute Gasteiger partial charge is 0.695 e. The van der Waals surface area contributed by atoms with Crippen molar-refractivity contribution in [3.05, 3.63) is 0 Å². The molecule has 10 heavy (non-hydrogen) atoms. The normalized spacial score (nSPS) is 34.4. The third-order valence-corrected chi connectivity index (χ3v) is 1.68. The zero-order chi connectivity index (χ0) is 7.56. The second-order valence-corrected chi connectivity index (χ2v) is 2.67. The van der Waals surface area contributed by atoms with Crippen molar-refractivity contribution in [2.24, 2.45) is 0 Å². The number of ether oxygens (including phenoxy) is 1. The van der Waals surface area contributed by atoms with E-state index >= 15 is 0 Å². The fourth-order valence-electron chi connectivity index (χ4n) is 0.740. The van der Waals surface area contributed by atoms with E-state index in [1.807, 2.05) is 0 Å². The Morgan fingerprint density at radius 1 is 1.60 bits per heavy atom. The summed E-state index contributed by atoms with van der Waals surface area (Å²) in [5, 5.41) is 8.95. The summed E-state index contributed by atoms with van der Waals surface area (Å²) in [5.74, 6) is 0. The van der Waals surface area contributed by atoms with E-state index in [1.54, 1.807) is 0 Å². The van der Waals surface area contributed by atoms with Crippen LogP contribution in [0.4, 0.5) is 0 Å². The first-order chi connectivity index (χ1) is 4.70. The number of aliphatic hydroxyl groups excluding tert-OH is 1. The SMILES string of the molecule is O=[P+](O)OC1COCC1O. The van der Waals surface area contributed by atoms with Crippen LogP contribution in [0.3, 0.4) is 0 Å². The molecule has 0 saturated carbocycles. The van der Waals surface area contributed by atoms with Crippen LogP contribution in [0.15, 0.2) is 0 Å². The molecule has 1 aliphatic rings. The van der Waals surface area contributed by atoms with Crippen LogP contribution in [-0.4, -0.2) is 35.4 Å². The Labute approximate surface area is 58.5 Å².